The Morgan fingerprint density at radius 3 is 2.76 bits per heavy atom. The standard InChI is InChI=1S/C16H22N4O3S.ClH/c21-16(11-17-10-12-6-7-12)19-13-3-1-4-14(9-13)24(22,23)20-15-5-2-8-18-15;/h1,3-4,9,12,17H,2,5-8,10-11H2,(H,18,20)(H,19,21);1H. The van der Waals surface area contributed by atoms with Crippen molar-refractivity contribution in [3.8, 4) is 0 Å². The molecule has 3 rings (SSSR count). The fourth-order valence-corrected chi connectivity index (χ4v) is 3.63. The Balaban J connectivity index is 0.00000225. The maximum atomic E-state index is 12.4. The van der Waals surface area contributed by atoms with Crippen LogP contribution in [0, 0.1) is 5.92 Å². The van der Waals surface area contributed by atoms with E-state index in [1.807, 2.05) is 0 Å². The molecule has 7 nitrogen and oxygen atoms in total. The fraction of sp³-hybridized carbons (Fsp3) is 0.500. The van der Waals surface area contributed by atoms with Crippen molar-refractivity contribution in [2.45, 2.75) is 30.6 Å². The molecular formula is C16H23ClN4O3S. The third kappa shape index (κ3) is 5.98. The fourth-order valence-electron chi connectivity index (χ4n) is 2.49. The predicted molar refractivity (Wildman–Crippen MR) is 99.8 cm³/mol. The number of nitrogens with zero attached hydrogens (tertiary/aromatic N) is 1. The van der Waals surface area contributed by atoms with Crippen LogP contribution in [-0.4, -0.2) is 39.8 Å². The molecule has 0 atom stereocenters. The summed E-state index contributed by atoms with van der Waals surface area (Å²) in [5, 5.41) is 5.82. The Morgan fingerprint density at radius 1 is 1.28 bits per heavy atom. The van der Waals surface area contributed by atoms with Crippen LogP contribution in [0.3, 0.4) is 0 Å². The smallest absolute Gasteiger partial charge is 0.262 e. The van der Waals surface area contributed by atoms with Crippen molar-refractivity contribution in [2.24, 2.45) is 10.9 Å². The Labute approximate surface area is 154 Å². The highest BCUT2D eigenvalue weighted by molar-refractivity contribution is 7.90. The van der Waals surface area contributed by atoms with Crippen LogP contribution in [0.5, 0.6) is 0 Å². The van der Waals surface area contributed by atoms with Gasteiger partial charge in [-0.25, -0.2) is 8.42 Å². The Morgan fingerprint density at radius 2 is 2.08 bits per heavy atom. The SMILES string of the molecule is Cl.O=C(CNCC1CC1)Nc1cccc(S(=O)(=O)NC2=NCCC2)c1. The molecular weight excluding hydrogens is 364 g/mol. The minimum Gasteiger partial charge on any atom is -0.325 e. The molecule has 1 aliphatic heterocycles. The second kappa shape index (κ2) is 8.64. The van der Waals surface area contributed by atoms with E-state index in [1.54, 1.807) is 12.1 Å². The summed E-state index contributed by atoms with van der Waals surface area (Å²) in [5.74, 6) is 1.02. The Bertz CT molecular complexity index is 748. The van der Waals surface area contributed by atoms with Gasteiger partial charge >= 0.3 is 0 Å². The van der Waals surface area contributed by atoms with Crippen LogP contribution >= 0.6 is 12.4 Å². The lowest BCUT2D eigenvalue weighted by Gasteiger charge is -2.10. The summed E-state index contributed by atoms with van der Waals surface area (Å²) < 4.78 is 27.2. The van der Waals surface area contributed by atoms with Gasteiger partial charge in [-0.15, -0.1) is 12.4 Å². The van der Waals surface area contributed by atoms with Crippen LogP contribution in [0.4, 0.5) is 5.69 Å². The molecule has 0 saturated heterocycles. The van der Waals surface area contributed by atoms with Crippen molar-refractivity contribution in [2.75, 3.05) is 25.0 Å². The molecule has 1 heterocycles. The minimum atomic E-state index is -3.67. The summed E-state index contributed by atoms with van der Waals surface area (Å²) in [6.07, 6.45) is 3.96. The maximum Gasteiger partial charge on any atom is 0.262 e. The normalized spacial score (nSPS) is 16.7. The monoisotopic (exact) mass is 386 g/mol. The van der Waals surface area contributed by atoms with Crippen LogP contribution in [0.15, 0.2) is 34.2 Å². The zero-order valence-electron chi connectivity index (χ0n) is 13.8. The van der Waals surface area contributed by atoms with Gasteiger partial charge < -0.3 is 10.6 Å². The predicted octanol–water partition coefficient (Wildman–Crippen LogP) is 1.52. The highest BCUT2D eigenvalue weighted by Crippen LogP contribution is 2.27. The molecule has 138 valence electrons. The van der Waals surface area contributed by atoms with Crippen molar-refractivity contribution in [3.63, 3.8) is 0 Å². The zero-order chi connectivity index (χ0) is 17.0. The second-order valence-electron chi connectivity index (χ2n) is 6.19. The average Bonchev–Trinajstić information content (AvgIpc) is 3.22. The first-order valence-electron chi connectivity index (χ1n) is 8.20. The first-order valence-corrected chi connectivity index (χ1v) is 9.68. The molecule has 1 aromatic rings. The molecule has 2 aliphatic rings. The number of carbonyl (C=O) groups is 1. The third-order valence-electron chi connectivity index (χ3n) is 3.97. The highest BCUT2D eigenvalue weighted by Gasteiger charge is 2.21. The van der Waals surface area contributed by atoms with Gasteiger partial charge in [0.25, 0.3) is 10.0 Å². The van der Waals surface area contributed by atoms with Crippen LogP contribution in [0.2, 0.25) is 0 Å². The highest BCUT2D eigenvalue weighted by atomic mass is 35.5. The van der Waals surface area contributed by atoms with E-state index in [-0.39, 0.29) is 29.8 Å². The molecule has 0 aromatic heterocycles. The summed E-state index contributed by atoms with van der Waals surface area (Å²) in [6.45, 7) is 1.73. The summed E-state index contributed by atoms with van der Waals surface area (Å²) in [5.41, 5.74) is 0.462. The first-order chi connectivity index (χ1) is 11.5. The number of aliphatic imine (C=N–C) groups is 1. The van der Waals surface area contributed by atoms with E-state index in [0.717, 1.165) is 13.0 Å². The van der Waals surface area contributed by atoms with Crippen LogP contribution < -0.4 is 15.4 Å². The number of hydrogen-bond acceptors (Lipinski definition) is 5. The second-order valence-corrected chi connectivity index (χ2v) is 7.87. The third-order valence-corrected chi connectivity index (χ3v) is 5.35. The van der Waals surface area contributed by atoms with E-state index in [0.29, 0.717) is 30.4 Å². The number of halogens is 1. The van der Waals surface area contributed by atoms with Gasteiger partial charge in [0.05, 0.1) is 11.4 Å². The van der Waals surface area contributed by atoms with Gasteiger partial charge in [-0.2, -0.15) is 0 Å². The summed E-state index contributed by atoms with van der Waals surface area (Å²) in [4.78, 5) is 16.1. The molecule has 1 amide bonds. The van der Waals surface area contributed by atoms with E-state index in [4.69, 9.17) is 0 Å². The van der Waals surface area contributed by atoms with Crippen molar-refractivity contribution >= 4 is 39.9 Å². The quantitative estimate of drug-likeness (QED) is 0.661. The van der Waals surface area contributed by atoms with E-state index in [1.165, 1.54) is 25.0 Å². The molecule has 0 radical (unpaired) electrons. The Kier molecular flexibility index (Phi) is 6.80. The van der Waals surface area contributed by atoms with Gasteiger partial charge in [0, 0.05) is 18.7 Å². The lowest BCUT2D eigenvalue weighted by molar-refractivity contribution is -0.115. The number of amidine groups is 1. The number of nitrogens with one attached hydrogen (secondary N) is 3. The van der Waals surface area contributed by atoms with Gasteiger partial charge in [0.2, 0.25) is 5.91 Å². The largest absolute Gasteiger partial charge is 0.325 e. The van der Waals surface area contributed by atoms with Gasteiger partial charge in [-0.3, -0.25) is 14.5 Å². The molecule has 3 N–H and O–H groups in total. The lowest BCUT2D eigenvalue weighted by atomic mass is 10.3. The first kappa shape index (κ1) is 19.7. The molecule has 1 saturated carbocycles. The van der Waals surface area contributed by atoms with Crippen LogP contribution in [-0.2, 0) is 14.8 Å². The van der Waals surface area contributed by atoms with Gasteiger partial charge in [0.1, 0.15) is 5.84 Å². The molecule has 0 unspecified atom stereocenters. The van der Waals surface area contributed by atoms with Gasteiger partial charge in [-0.05, 0) is 49.9 Å². The molecule has 25 heavy (non-hydrogen) atoms. The zero-order valence-corrected chi connectivity index (χ0v) is 15.5. The number of sulfonamides is 1. The van der Waals surface area contributed by atoms with Crippen molar-refractivity contribution in [1.82, 2.24) is 10.0 Å². The number of benzene rings is 1. The molecule has 0 bridgehead atoms. The minimum absolute atomic E-state index is 0. The van der Waals surface area contributed by atoms with Crippen molar-refractivity contribution in [3.05, 3.63) is 24.3 Å². The van der Waals surface area contributed by atoms with Crippen LogP contribution in [0.1, 0.15) is 25.7 Å². The molecule has 1 aliphatic carbocycles. The maximum absolute atomic E-state index is 12.4. The summed E-state index contributed by atoms with van der Waals surface area (Å²) in [6, 6.07) is 6.23. The van der Waals surface area contributed by atoms with E-state index < -0.39 is 10.0 Å². The average molecular weight is 387 g/mol. The van der Waals surface area contributed by atoms with E-state index in [2.05, 4.69) is 20.3 Å². The van der Waals surface area contributed by atoms with Gasteiger partial charge in [-0.1, -0.05) is 6.07 Å². The number of rotatable bonds is 7. The van der Waals surface area contributed by atoms with Crippen molar-refractivity contribution in [1.29, 1.82) is 0 Å². The number of hydrogen-bond donors (Lipinski definition) is 3. The van der Waals surface area contributed by atoms with Crippen molar-refractivity contribution < 1.29 is 13.2 Å². The lowest BCUT2D eigenvalue weighted by Crippen LogP contribution is -2.30. The number of amides is 1. The topological polar surface area (TPSA) is 99.7 Å². The molecule has 9 heteroatoms. The Hall–Kier alpha value is -1.64. The molecule has 0 spiro atoms. The van der Waals surface area contributed by atoms with E-state index in [9.17, 15) is 13.2 Å². The van der Waals surface area contributed by atoms with Gasteiger partial charge in [0.15, 0.2) is 0 Å². The number of anilines is 1. The summed E-state index contributed by atoms with van der Waals surface area (Å²) in [7, 11) is -3.67. The molecule has 1 aromatic carbocycles. The number of carbonyl (C=O) groups excluding carboxylic acids is 1. The van der Waals surface area contributed by atoms with Crippen LogP contribution in [0.25, 0.3) is 0 Å². The summed E-state index contributed by atoms with van der Waals surface area (Å²) >= 11 is 0. The van der Waals surface area contributed by atoms with E-state index >= 15 is 0 Å². The molecule has 1 fully saturated rings.